The Morgan fingerprint density at radius 3 is 3.00 bits per heavy atom. The van der Waals surface area contributed by atoms with Crippen LogP contribution in [0.25, 0.3) is 0 Å². The Morgan fingerprint density at radius 1 is 1.60 bits per heavy atom. The summed E-state index contributed by atoms with van der Waals surface area (Å²) >= 11 is 0. The zero-order valence-electron chi connectivity index (χ0n) is 11.2. The second-order valence-electron chi connectivity index (χ2n) is 3.82. The zero-order chi connectivity index (χ0) is 15.0. The van der Waals surface area contributed by atoms with Gasteiger partial charge in [0.15, 0.2) is 0 Å². The van der Waals surface area contributed by atoms with E-state index in [1.54, 1.807) is 20.0 Å². The van der Waals surface area contributed by atoms with E-state index < -0.39 is 6.61 Å². The van der Waals surface area contributed by atoms with Crippen LogP contribution in [-0.4, -0.2) is 36.1 Å². The lowest BCUT2D eigenvalue weighted by atomic mass is 10.2. The molecule has 5 nitrogen and oxygen atoms in total. The van der Waals surface area contributed by atoms with Gasteiger partial charge >= 0.3 is 12.6 Å². The number of urea groups is 1. The van der Waals surface area contributed by atoms with Crippen molar-refractivity contribution < 1.29 is 18.3 Å². The first-order valence-corrected chi connectivity index (χ1v) is 5.81. The normalized spacial score (nSPS) is 9.65. The molecule has 1 rings (SSSR count). The van der Waals surface area contributed by atoms with Gasteiger partial charge in [-0.25, -0.2) is 9.78 Å². The molecule has 1 aromatic rings. The first kappa shape index (κ1) is 15.7. The van der Waals surface area contributed by atoms with E-state index in [-0.39, 0.29) is 18.5 Å². The number of nitrogens with zero attached hydrogens (tertiary/aromatic N) is 2. The highest BCUT2D eigenvalue weighted by Crippen LogP contribution is 2.12. The minimum Gasteiger partial charge on any atom is -0.417 e. The van der Waals surface area contributed by atoms with Crippen molar-refractivity contribution >= 4 is 6.03 Å². The molecule has 1 N–H and O–H groups in total. The molecule has 7 heteroatoms. The van der Waals surface area contributed by atoms with Gasteiger partial charge in [-0.1, -0.05) is 5.92 Å². The second kappa shape index (κ2) is 7.94. The third-order valence-corrected chi connectivity index (χ3v) is 2.29. The maximum absolute atomic E-state index is 12.0. The van der Waals surface area contributed by atoms with Gasteiger partial charge in [-0.2, -0.15) is 8.78 Å². The molecule has 108 valence electrons. The first-order chi connectivity index (χ1) is 9.52. The molecule has 2 amide bonds. The standard InChI is InChI=1S/C13H15F2N3O2/c1-3-4-7-18(2)13(19)17-9-10-5-6-16-11(8-10)20-12(14)15/h5-6,8,12H,7,9H2,1-2H3,(H,17,19). The third kappa shape index (κ3) is 5.52. The van der Waals surface area contributed by atoms with E-state index in [1.807, 2.05) is 0 Å². The average molecular weight is 283 g/mol. The van der Waals surface area contributed by atoms with Crippen LogP contribution in [0.5, 0.6) is 5.88 Å². The Kier molecular flexibility index (Phi) is 6.23. The maximum atomic E-state index is 12.0. The van der Waals surface area contributed by atoms with Gasteiger partial charge in [-0.15, -0.1) is 5.92 Å². The summed E-state index contributed by atoms with van der Waals surface area (Å²) < 4.78 is 28.3. The molecule has 0 aliphatic carbocycles. The number of carbonyl (C=O) groups is 1. The summed E-state index contributed by atoms with van der Waals surface area (Å²) in [5, 5.41) is 2.64. The van der Waals surface area contributed by atoms with Crippen molar-refractivity contribution in [1.82, 2.24) is 15.2 Å². The highest BCUT2D eigenvalue weighted by molar-refractivity contribution is 5.74. The van der Waals surface area contributed by atoms with Crippen LogP contribution in [0.1, 0.15) is 12.5 Å². The number of carbonyl (C=O) groups excluding carboxylic acids is 1. The molecule has 0 bridgehead atoms. The Labute approximate surface area is 115 Å². The van der Waals surface area contributed by atoms with Gasteiger partial charge in [0.25, 0.3) is 0 Å². The molecular weight excluding hydrogens is 268 g/mol. The number of pyridine rings is 1. The number of nitrogens with one attached hydrogen (secondary N) is 1. The summed E-state index contributed by atoms with van der Waals surface area (Å²) in [5.41, 5.74) is 0.610. The number of hydrogen-bond donors (Lipinski definition) is 1. The van der Waals surface area contributed by atoms with E-state index in [4.69, 9.17) is 0 Å². The van der Waals surface area contributed by atoms with Crippen LogP contribution < -0.4 is 10.1 Å². The first-order valence-electron chi connectivity index (χ1n) is 5.81. The van der Waals surface area contributed by atoms with Crippen LogP contribution in [-0.2, 0) is 6.54 Å². The molecule has 0 aliphatic rings. The van der Waals surface area contributed by atoms with Crippen LogP contribution in [0.4, 0.5) is 13.6 Å². The van der Waals surface area contributed by atoms with Gasteiger partial charge in [-0.05, 0) is 18.6 Å². The summed E-state index contributed by atoms with van der Waals surface area (Å²) in [4.78, 5) is 16.7. The summed E-state index contributed by atoms with van der Waals surface area (Å²) in [7, 11) is 1.61. The molecule has 0 aliphatic heterocycles. The molecule has 1 heterocycles. The molecule has 1 aromatic heterocycles. The molecule has 0 fully saturated rings. The van der Waals surface area contributed by atoms with E-state index in [2.05, 4.69) is 26.9 Å². The molecule has 20 heavy (non-hydrogen) atoms. The fourth-order valence-corrected chi connectivity index (χ4v) is 1.30. The van der Waals surface area contributed by atoms with Crippen LogP contribution in [0.15, 0.2) is 18.3 Å². The van der Waals surface area contributed by atoms with Gasteiger partial charge < -0.3 is 15.0 Å². The van der Waals surface area contributed by atoms with E-state index in [0.29, 0.717) is 12.1 Å². The van der Waals surface area contributed by atoms with Gasteiger partial charge in [0.2, 0.25) is 5.88 Å². The predicted octanol–water partition coefficient (Wildman–Crippen LogP) is 1.85. The van der Waals surface area contributed by atoms with Crippen LogP contribution >= 0.6 is 0 Å². The smallest absolute Gasteiger partial charge is 0.388 e. The fourth-order valence-electron chi connectivity index (χ4n) is 1.30. The number of hydrogen-bond acceptors (Lipinski definition) is 3. The van der Waals surface area contributed by atoms with Gasteiger partial charge in [0, 0.05) is 25.9 Å². The van der Waals surface area contributed by atoms with Crippen molar-refractivity contribution in [2.24, 2.45) is 0 Å². The van der Waals surface area contributed by atoms with Crippen LogP contribution in [0, 0.1) is 11.8 Å². The molecule has 0 radical (unpaired) electrons. The molecule has 0 saturated carbocycles. The van der Waals surface area contributed by atoms with Crippen molar-refractivity contribution in [3.8, 4) is 17.7 Å². The van der Waals surface area contributed by atoms with Crippen LogP contribution in [0.3, 0.4) is 0 Å². The number of ether oxygens (including phenoxy) is 1. The minimum atomic E-state index is -2.92. The monoisotopic (exact) mass is 283 g/mol. The molecule has 0 aromatic carbocycles. The average Bonchev–Trinajstić information content (AvgIpc) is 2.41. The fraction of sp³-hybridized carbons (Fsp3) is 0.385. The van der Waals surface area contributed by atoms with Crippen molar-refractivity contribution in [3.05, 3.63) is 23.9 Å². The van der Waals surface area contributed by atoms with Crippen molar-refractivity contribution in [2.75, 3.05) is 13.6 Å². The Bertz CT molecular complexity index is 512. The summed E-state index contributed by atoms with van der Waals surface area (Å²) in [5.74, 6) is 5.26. The lowest BCUT2D eigenvalue weighted by molar-refractivity contribution is -0.0529. The topological polar surface area (TPSA) is 54.5 Å². The number of aromatic nitrogens is 1. The summed E-state index contributed by atoms with van der Waals surface area (Å²) in [6, 6.07) is 2.64. The molecule has 0 saturated heterocycles. The Balaban J connectivity index is 2.52. The van der Waals surface area contributed by atoms with E-state index in [9.17, 15) is 13.6 Å². The van der Waals surface area contributed by atoms with E-state index in [0.717, 1.165) is 0 Å². The van der Waals surface area contributed by atoms with E-state index in [1.165, 1.54) is 17.2 Å². The third-order valence-electron chi connectivity index (χ3n) is 2.29. The molecule has 0 unspecified atom stereocenters. The van der Waals surface area contributed by atoms with Crippen LogP contribution in [0.2, 0.25) is 0 Å². The molecule has 0 atom stereocenters. The number of alkyl halides is 2. The minimum absolute atomic E-state index is 0.183. The van der Waals surface area contributed by atoms with Gasteiger partial charge in [-0.3, -0.25) is 0 Å². The lowest BCUT2D eigenvalue weighted by Crippen LogP contribution is -2.37. The highest BCUT2D eigenvalue weighted by Gasteiger charge is 2.08. The quantitative estimate of drug-likeness (QED) is 0.839. The van der Waals surface area contributed by atoms with Gasteiger partial charge in [0.1, 0.15) is 0 Å². The van der Waals surface area contributed by atoms with Crippen molar-refractivity contribution in [3.63, 3.8) is 0 Å². The van der Waals surface area contributed by atoms with E-state index >= 15 is 0 Å². The molecular formula is C13H15F2N3O2. The Hall–Kier alpha value is -2.36. The zero-order valence-corrected chi connectivity index (χ0v) is 11.2. The summed E-state index contributed by atoms with van der Waals surface area (Å²) in [6.07, 6.45) is 1.34. The number of rotatable bonds is 5. The largest absolute Gasteiger partial charge is 0.417 e. The predicted molar refractivity (Wildman–Crippen MR) is 69.2 cm³/mol. The van der Waals surface area contributed by atoms with Crippen molar-refractivity contribution in [1.29, 1.82) is 0 Å². The summed E-state index contributed by atoms with van der Waals surface area (Å²) in [6.45, 7) is -0.734. The second-order valence-corrected chi connectivity index (χ2v) is 3.82. The lowest BCUT2D eigenvalue weighted by Gasteiger charge is -2.15. The maximum Gasteiger partial charge on any atom is 0.388 e. The molecule has 0 spiro atoms. The SMILES string of the molecule is CC#CCN(C)C(=O)NCc1ccnc(OC(F)F)c1. The van der Waals surface area contributed by atoms with Gasteiger partial charge in [0.05, 0.1) is 6.54 Å². The van der Waals surface area contributed by atoms with Crippen molar-refractivity contribution in [2.45, 2.75) is 20.1 Å². The highest BCUT2D eigenvalue weighted by atomic mass is 19.3. The number of halogens is 2. The Morgan fingerprint density at radius 2 is 2.35 bits per heavy atom. The number of amides is 2.